The normalized spacial score (nSPS) is 11.7. The first-order valence-corrected chi connectivity index (χ1v) is 9.09. The van der Waals surface area contributed by atoms with Crippen molar-refractivity contribution in [3.8, 4) is 5.69 Å². The van der Waals surface area contributed by atoms with Gasteiger partial charge in [0.25, 0.3) is 0 Å². The lowest BCUT2D eigenvalue weighted by atomic mass is 10.1. The fraction of sp³-hybridized carbons (Fsp3) is 0.136. The Balaban J connectivity index is 2.00. The molecule has 0 saturated carbocycles. The Morgan fingerprint density at radius 3 is 2.00 bits per heavy atom. The van der Waals surface area contributed by atoms with E-state index in [-0.39, 0.29) is 5.82 Å². The third kappa shape index (κ3) is 3.14. The molecular weight excluding hydrogens is 396 g/mol. The van der Waals surface area contributed by atoms with E-state index in [9.17, 15) is 17.6 Å². The number of halogens is 4. The van der Waals surface area contributed by atoms with E-state index in [1.807, 2.05) is 32.9 Å². The number of azo groups is 1. The second-order valence-corrected chi connectivity index (χ2v) is 7.00. The Bertz CT molecular complexity index is 1290. The Morgan fingerprint density at radius 1 is 0.767 bits per heavy atom. The van der Waals surface area contributed by atoms with Crippen molar-refractivity contribution in [3.63, 3.8) is 0 Å². The lowest BCUT2D eigenvalue weighted by molar-refractivity contribution is 0.417. The van der Waals surface area contributed by atoms with Crippen LogP contribution in [0.25, 0.3) is 16.6 Å². The van der Waals surface area contributed by atoms with Crippen LogP contribution in [0.3, 0.4) is 0 Å². The van der Waals surface area contributed by atoms with Crippen molar-refractivity contribution < 1.29 is 17.6 Å². The third-order valence-electron chi connectivity index (χ3n) is 4.75. The van der Waals surface area contributed by atoms with E-state index in [0.717, 1.165) is 21.4 Å². The molecule has 8 heteroatoms. The van der Waals surface area contributed by atoms with Crippen molar-refractivity contribution in [1.82, 2.24) is 9.78 Å². The fourth-order valence-corrected chi connectivity index (χ4v) is 3.47. The van der Waals surface area contributed by atoms with Crippen molar-refractivity contribution >= 4 is 22.4 Å². The summed E-state index contributed by atoms with van der Waals surface area (Å²) in [5, 5.41) is 11.6. The highest BCUT2D eigenvalue weighted by Gasteiger charge is 2.28. The molecule has 4 nitrogen and oxygen atoms in total. The molecule has 0 atom stereocenters. The lowest BCUT2D eigenvalue weighted by Gasteiger charge is -2.05. The maximum atomic E-state index is 14.6. The minimum absolute atomic E-state index is 0.330. The molecule has 0 bridgehead atoms. The predicted octanol–water partition coefficient (Wildman–Crippen LogP) is 6.92. The highest BCUT2D eigenvalue weighted by molar-refractivity contribution is 5.91. The second kappa shape index (κ2) is 7.37. The summed E-state index contributed by atoms with van der Waals surface area (Å²) >= 11 is 0. The van der Waals surface area contributed by atoms with Crippen molar-refractivity contribution in [3.05, 3.63) is 82.4 Å². The first kappa shape index (κ1) is 19.8. The number of para-hydroxylation sites is 1. The topological polar surface area (TPSA) is 42.5 Å². The zero-order valence-corrected chi connectivity index (χ0v) is 16.3. The van der Waals surface area contributed by atoms with Crippen molar-refractivity contribution in [2.45, 2.75) is 20.8 Å². The van der Waals surface area contributed by atoms with Gasteiger partial charge >= 0.3 is 0 Å². The van der Waals surface area contributed by atoms with E-state index in [2.05, 4.69) is 15.3 Å². The number of hydrogen-bond donors (Lipinski definition) is 0. The first-order valence-electron chi connectivity index (χ1n) is 9.09. The third-order valence-corrected chi connectivity index (χ3v) is 4.75. The fourth-order valence-electron chi connectivity index (χ4n) is 3.47. The minimum atomic E-state index is -1.92. The van der Waals surface area contributed by atoms with Crippen LogP contribution in [0.4, 0.5) is 29.1 Å². The number of hydrogen-bond acceptors (Lipinski definition) is 3. The molecule has 0 aliphatic rings. The summed E-state index contributed by atoms with van der Waals surface area (Å²) in [5.41, 5.74) is 3.00. The monoisotopic (exact) mass is 412 g/mol. The van der Waals surface area contributed by atoms with Crippen LogP contribution < -0.4 is 0 Å². The summed E-state index contributed by atoms with van der Waals surface area (Å²) in [6, 6.07) is 12.0. The lowest BCUT2D eigenvalue weighted by Crippen LogP contribution is -2.02. The van der Waals surface area contributed by atoms with Crippen LogP contribution in [0.5, 0.6) is 0 Å². The van der Waals surface area contributed by atoms with E-state index in [1.165, 1.54) is 0 Å². The van der Waals surface area contributed by atoms with Gasteiger partial charge in [0.2, 0.25) is 5.82 Å². The van der Waals surface area contributed by atoms with Gasteiger partial charge in [0.05, 0.1) is 16.8 Å². The molecule has 3 aromatic carbocycles. The molecule has 1 aromatic heterocycles. The van der Waals surface area contributed by atoms with Gasteiger partial charge in [-0.15, -0.1) is 15.3 Å². The predicted molar refractivity (Wildman–Crippen MR) is 106 cm³/mol. The Labute approximate surface area is 169 Å². The highest BCUT2D eigenvalue weighted by Crippen LogP contribution is 2.36. The molecule has 0 aliphatic heterocycles. The van der Waals surface area contributed by atoms with Crippen LogP contribution in [0.2, 0.25) is 0 Å². The van der Waals surface area contributed by atoms with E-state index in [1.54, 1.807) is 30.3 Å². The van der Waals surface area contributed by atoms with Crippen LogP contribution in [0.1, 0.15) is 16.7 Å². The van der Waals surface area contributed by atoms with Crippen LogP contribution in [-0.2, 0) is 0 Å². The SMILES string of the molecule is Cc1cc(C)c(N=Nc2nn(-c3ccccc3)c3c(F)c(F)c(F)c(F)c23)c(C)c1. The summed E-state index contributed by atoms with van der Waals surface area (Å²) in [7, 11) is 0. The second-order valence-electron chi connectivity index (χ2n) is 7.00. The quantitative estimate of drug-likeness (QED) is 0.156. The van der Waals surface area contributed by atoms with Gasteiger partial charge in [0.1, 0.15) is 5.52 Å². The number of fused-ring (bicyclic) bond motifs is 1. The molecular formula is C22H16F4N4. The van der Waals surface area contributed by atoms with E-state index in [4.69, 9.17) is 0 Å². The Morgan fingerprint density at radius 2 is 1.37 bits per heavy atom. The van der Waals surface area contributed by atoms with Crippen molar-refractivity contribution in [2.75, 3.05) is 0 Å². The largest absolute Gasteiger partial charge is 0.228 e. The van der Waals surface area contributed by atoms with Gasteiger partial charge < -0.3 is 0 Å². The van der Waals surface area contributed by atoms with Crippen molar-refractivity contribution in [1.29, 1.82) is 0 Å². The van der Waals surface area contributed by atoms with Crippen molar-refractivity contribution in [2.24, 2.45) is 10.2 Å². The summed E-state index contributed by atoms with van der Waals surface area (Å²) in [6.07, 6.45) is 0. The van der Waals surface area contributed by atoms with E-state index >= 15 is 0 Å². The molecule has 1 heterocycles. The zero-order valence-electron chi connectivity index (χ0n) is 16.3. The molecule has 152 valence electrons. The maximum absolute atomic E-state index is 14.6. The molecule has 0 fully saturated rings. The number of rotatable bonds is 3. The molecule has 0 saturated heterocycles. The number of aryl methyl sites for hydroxylation is 3. The Hall–Kier alpha value is -3.55. The summed E-state index contributed by atoms with van der Waals surface area (Å²) in [6.45, 7) is 5.61. The average molecular weight is 412 g/mol. The average Bonchev–Trinajstić information content (AvgIpc) is 3.10. The number of nitrogens with zero attached hydrogens (tertiary/aromatic N) is 4. The molecule has 0 amide bonds. The summed E-state index contributed by atoms with van der Waals surface area (Å²) in [5.74, 6) is -7.32. The molecule has 0 spiro atoms. The van der Waals surface area contributed by atoms with Gasteiger partial charge in [0, 0.05) is 0 Å². The van der Waals surface area contributed by atoms with Gasteiger partial charge in [-0.05, 0) is 44.0 Å². The molecule has 0 radical (unpaired) electrons. The van der Waals surface area contributed by atoms with Gasteiger partial charge in [0.15, 0.2) is 23.3 Å². The standard InChI is InChI=1S/C22H16F4N4/c1-11-9-12(2)20(13(3)10-11)27-28-22-15-16(23)17(24)18(25)19(26)21(15)30(29-22)14-7-5-4-6-8-14/h4-10H,1-3H3. The molecule has 0 N–H and O–H groups in total. The first-order chi connectivity index (χ1) is 14.3. The highest BCUT2D eigenvalue weighted by atomic mass is 19.2. The van der Waals surface area contributed by atoms with Gasteiger partial charge in [-0.2, -0.15) is 0 Å². The molecule has 30 heavy (non-hydrogen) atoms. The number of benzene rings is 3. The molecule has 4 rings (SSSR count). The smallest absolute Gasteiger partial charge is 0.207 e. The zero-order chi connectivity index (χ0) is 21.6. The molecule has 4 aromatic rings. The Kier molecular flexibility index (Phi) is 4.85. The van der Waals surface area contributed by atoms with Crippen LogP contribution in [0.15, 0.2) is 52.7 Å². The van der Waals surface area contributed by atoms with Gasteiger partial charge in [-0.1, -0.05) is 35.9 Å². The minimum Gasteiger partial charge on any atom is -0.228 e. The van der Waals surface area contributed by atoms with Crippen LogP contribution in [-0.4, -0.2) is 9.78 Å². The summed E-state index contributed by atoms with van der Waals surface area (Å²) in [4.78, 5) is 0. The van der Waals surface area contributed by atoms with Crippen LogP contribution >= 0.6 is 0 Å². The molecule has 0 aliphatic carbocycles. The number of aromatic nitrogens is 2. The maximum Gasteiger partial charge on any atom is 0.207 e. The van der Waals surface area contributed by atoms with E-state index < -0.39 is 34.2 Å². The van der Waals surface area contributed by atoms with E-state index in [0.29, 0.717) is 11.4 Å². The van der Waals surface area contributed by atoms with Gasteiger partial charge in [-0.3, -0.25) is 0 Å². The summed E-state index contributed by atoms with van der Waals surface area (Å²) < 4.78 is 58.1. The van der Waals surface area contributed by atoms with Crippen LogP contribution in [0, 0.1) is 44.0 Å². The van der Waals surface area contributed by atoms with Gasteiger partial charge in [-0.25, -0.2) is 22.2 Å². The molecule has 0 unspecified atom stereocenters.